The van der Waals surface area contributed by atoms with Crippen LogP contribution in [0.2, 0.25) is 4.34 Å². The molecule has 128 valence electrons. The molecule has 0 spiro atoms. The molecule has 6 nitrogen and oxygen atoms in total. The highest BCUT2D eigenvalue weighted by molar-refractivity contribution is 7.19. The van der Waals surface area contributed by atoms with Crippen LogP contribution in [0.15, 0.2) is 47.6 Å². The number of hydrogen-bond acceptors (Lipinski definition) is 5. The number of thiophene rings is 1. The average molecular weight is 374 g/mol. The summed E-state index contributed by atoms with van der Waals surface area (Å²) in [5.74, 6) is -0.383. The number of benzene rings is 1. The number of amides is 1. The van der Waals surface area contributed by atoms with E-state index in [0.717, 1.165) is 21.8 Å². The minimum Gasteiger partial charge on any atom is -0.378 e. The van der Waals surface area contributed by atoms with Gasteiger partial charge in [-0.05, 0) is 35.9 Å². The molecular weight excluding hydrogens is 358 g/mol. The van der Waals surface area contributed by atoms with Crippen molar-refractivity contribution in [3.05, 3.63) is 58.1 Å². The van der Waals surface area contributed by atoms with Crippen molar-refractivity contribution in [2.45, 2.75) is 0 Å². The Labute approximate surface area is 154 Å². The van der Waals surface area contributed by atoms with Crippen molar-refractivity contribution in [2.75, 3.05) is 19.0 Å². The van der Waals surface area contributed by atoms with Crippen molar-refractivity contribution in [1.29, 1.82) is 0 Å². The molecule has 1 aromatic carbocycles. The summed E-state index contributed by atoms with van der Waals surface area (Å²) in [7, 11) is 3.96. The van der Waals surface area contributed by atoms with Crippen molar-refractivity contribution < 1.29 is 4.79 Å². The van der Waals surface area contributed by atoms with Crippen molar-refractivity contribution in [2.24, 2.45) is 5.10 Å². The van der Waals surface area contributed by atoms with Crippen LogP contribution in [-0.4, -0.2) is 36.4 Å². The van der Waals surface area contributed by atoms with Crippen LogP contribution in [0.1, 0.15) is 16.1 Å². The average Bonchev–Trinajstić information content (AvgIpc) is 3.24. The molecule has 2 N–H and O–H groups in total. The maximum Gasteiger partial charge on any atom is 0.291 e. The Balaban J connectivity index is 1.61. The molecule has 0 radical (unpaired) electrons. The van der Waals surface area contributed by atoms with Gasteiger partial charge in [-0.25, -0.2) is 5.43 Å². The minimum absolute atomic E-state index is 0.264. The molecule has 0 aliphatic carbocycles. The summed E-state index contributed by atoms with van der Waals surface area (Å²) in [6, 6.07) is 13.2. The highest BCUT2D eigenvalue weighted by atomic mass is 35.5. The second-order valence-electron chi connectivity index (χ2n) is 5.46. The summed E-state index contributed by atoms with van der Waals surface area (Å²) >= 11 is 7.33. The van der Waals surface area contributed by atoms with E-state index in [2.05, 4.69) is 20.7 Å². The normalized spacial score (nSPS) is 11.0. The summed E-state index contributed by atoms with van der Waals surface area (Å²) in [4.78, 5) is 15.0. The van der Waals surface area contributed by atoms with Gasteiger partial charge in [-0.15, -0.1) is 11.3 Å². The molecule has 2 heterocycles. The van der Waals surface area contributed by atoms with Crippen molar-refractivity contribution in [3.63, 3.8) is 0 Å². The Bertz CT molecular complexity index is 898. The van der Waals surface area contributed by atoms with Crippen LogP contribution >= 0.6 is 22.9 Å². The quantitative estimate of drug-likeness (QED) is 0.530. The lowest BCUT2D eigenvalue weighted by Crippen LogP contribution is -2.18. The van der Waals surface area contributed by atoms with Crippen LogP contribution in [-0.2, 0) is 0 Å². The number of aromatic amines is 1. The smallest absolute Gasteiger partial charge is 0.291 e. The summed E-state index contributed by atoms with van der Waals surface area (Å²) < 4.78 is 0.681. The number of anilines is 1. The van der Waals surface area contributed by atoms with Gasteiger partial charge < -0.3 is 4.90 Å². The number of nitrogens with zero attached hydrogens (tertiary/aromatic N) is 3. The van der Waals surface area contributed by atoms with Crippen LogP contribution in [0.25, 0.3) is 10.6 Å². The van der Waals surface area contributed by atoms with Crippen molar-refractivity contribution in [3.8, 4) is 10.6 Å². The van der Waals surface area contributed by atoms with Crippen molar-refractivity contribution >= 4 is 40.7 Å². The number of aromatic nitrogens is 2. The Morgan fingerprint density at radius 1 is 1.28 bits per heavy atom. The molecule has 0 unspecified atom stereocenters. The molecular formula is C17H16ClN5OS. The predicted molar refractivity (Wildman–Crippen MR) is 103 cm³/mol. The lowest BCUT2D eigenvalue weighted by Gasteiger charge is -2.11. The third kappa shape index (κ3) is 4.26. The molecule has 8 heteroatoms. The second kappa shape index (κ2) is 7.50. The molecule has 3 rings (SSSR count). The number of rotatable bonds is 5. The SMILES string of the molecule is CN(C)c1ccc(/C=N/NC(=O)c2cc(-c3ccc(Cl)s3)[nH]n2)cc1. The number of carbonyl (C=O) groups is 1. The maximum atomic E-state index is 12.1. The Morgan fingerprint density at radius 2 is 2.04 bits per heavy atom. The fraction of sp³-hybridized carbons (Fsp3) is 0.118. The van der Waals surface area contributed by atoms with Gasteiger partial charge in [0.2, 0.25) is 0 Å². The minimum atomic E-state index is -0.383. The Hall–Kier alpha value is -2.64. The van der Waals surface area contributed by atoms with Gasteiger partial charge in [-0.1, -0.05) is 23.7 Å². The largest absolute Gasteiger partial charge is 0.378 e. The molecule has 0 aliphatic heterocycles. The summed E-state index contributed by atoms with van der Waals surface area (Å²) in [6.07, 6.45) is 1.59. The zero-order valence-electron chi connectivity index (χ0n) is 13.7. The van der Waals surface area contributed by atoms with Crippen LogP contribution in [0, 0.1) is 0 Å². The predicted octanol–water partition coefficient (Wildman–Crippen LogP) is 3.62. The number of halogens is 1. The van der Waals surface area contributed by atoms with Gasteiger partial charge >= 0.3 is 0 Å². The third-order valence-electron chi connectivity index (χ3n) is 3.44. The molecule has 0 atom stereocenters. The van der Waals surface area contributed by atoms with E-state index in [-0.39, 0.29) is 11.6 Å². The lowest BCUT2D eigenvalue weighted by molar-refractivity contribution is 0.0950. The summed E-state index contributed by atoms with van der Waals surface area (Å²) in [6.45, 7) is 0. The number of hydrazone groups is 1. The molecule has 0 saturated carbocycles. The highest BCUT2D eigenvalue weighted by Crippen LogP contribution is 2.29. The van der Waals surface area contributed by atoms with E-state index in [9.17, 15) is 4.79 Å². The van der Waals surface area contributed by atoms with E-state index < -0.39 is 0 Å². The van der Waals surface area contributed by atoms with Gasteiger partial charge in [0.15, 0.2) is 5.69 Å². The number of nitrogens with one attached hydrogen (secondary N) is 2. The number of hydrogen-bond donors (Lipinski definition) is 2. The number of H-pyrrole nitrogens is 1. The third-order valence-corrected chi connectivity index (χ3v) is 4.70. The van der Waals surface area contributed by atoms with E-state index in [1.54, 1.807) is 18.3 Å². The van der Waals surface area contributed by atoms with Gasteiger partial charge in [0, 0.05) is 19.8 Å². The molecule has 25 heavy (non-hydrogen) atoms. The second-order valence-corrected chi connectivity index (χ2v) is 7.17. The zero-order valence-corrected chi connectivity index (χ0v) is 15.2. The first-order valence-electron chi connectivity index (χ1n) is 7.45. The summed E-state index contributed by atoms with van der Waals surface area (Å²) in [5, 5.41) is 10.8. The Kier molecular flexibility index (Phi) is 5.16. The fourth-order valence-electron chi connectivity index (χ4n) is 2.10. The Morgan fingerprint density at radius 3 is 2.68 bits per heavy atom. The van der Waals surface area contributed by atoms with Crippen LogP contribution < -0.4 is 10.3 Å². The topological polar surface area (TPSA) is 73.4 Å². The standard InChI is InChI=1S/C17H16ClN5OS/c1-23(2)12-5-3-11(4-6-12)10-19-22-17(24)14-9-13(20-21-14)15-7-8-16(18)25-15/h3-10H,1-2H3,(H,20,21)(H,22,24)/b19-10+. The first kappa shape index (κ1) is 17.2. The summed E-state index contributed by atoms with van der Waals surface area (Å²) in [5.41, 5.74) is 5.46. The maximum absolute atomic E-state index is 12.1. The van der Waals surface area contributed by atoms with E-state index >= 15 is 0 Å². The lowest BCUT2D eigenvalue weighted by atomic mass is 10.2. The van der Waals surface area contributed by atoms with Gasteiger partial charge in [-0.3, -0.25) is 9.89 Å². The molecule has 1 amide bonds. The highest BCUT2D eigenvalue weighted by Gasteiger charge is 2.11. The monoisotopic (exact) mass is 373 g/mol. The first-order chi connectivity index (χ1) is 12.0. The molecule has 0 fully saturated rings. The van der Waals surface area contributed by atoms with Crippen molar-refractivity contribution in [1.82, 2.24) is 15.6 Å². The molecule has 0 bridgehead atoms. The van der Waals surface area contributed by atoms with Gasteiger partial charge in [0.05, 0.1) is 21.1 Å². The first-order valence-corrected chi connectivity index (χ1v) is 8.64. The van der Waals surface area contributed by atoms with Gasteiger partial charge in [0.1, 0.15) is 0 Å². The van der Waals surface area contributed by atoms with E-state index in [0.29, 0.717) is 4.34 Å². The fourth-order valence-corrected chi connectivity index (χ4v) is 3.11. The number of carbonyl (C=O) groups excluding carboxylic acids is 1. The van der Waals surface area contributed by atoms with Gasteiger partial charge in [-0.2, -0.15) is 10.2 Å². The molecule has 2 aromatic heterocycles. The van der Waals surface area contributed by atoms with E-state index in [1.165, 1.54) is 11.3 Å². The molecule has 0 saturated heterocycles. The van der Waals surface area contributed by atoms with Crippen LogP contribution in [0.5, 0.6) is 0 Å². The van der Waals surface area contributed by atoms with Gasteiger partial charge in [0.25, 0.3) is 5.91 Å². The molecule has 3 aromatic rings. The zero-order chi connectivity index (χ0) is 17.8. The van der Waals surface area contributed by atoms with E-state index in [1.807, 2.05) is 49.3 Å². The molecule has 0 aliphatic rings. The van der Waals surface area contributed by atoms with Crippen LogP contribution in [0.4, 0.5) is 5.69 Å². The van der Waals surface area contributed by atoms with E-state index in [4.69, 9.17) is 11.6 Å². The van der Waals surface area contributed by atoms with Crippen LogP contribution in [0.3, 0.4) is 0 Å².